The van der Waals surface area contributed by atoms with E-state index in [0.717, 1.165) is 0 Å². The van der Waals surface area contributed by atoms with Gasteiger partial charge in [0.25, 0.3) is 0 Å². The molecule has 0 radical (unpaired) electrons. The smallest absolute Gasteiger partial charge is 0.245 e. The third-order valence-corrected chi connectivity index (χ3v) is 2.79. The maximum Gasteiger partial charge on any atom is 0.245 e. The number of rotatable bonds is 1. The van der Waals surface area contributed by atoms with E-state index in [1.54, 1.807) is 0 Å². The van der Waals surface area contributed by atoms with Gasteiger partial charge in [-0.1, -0.05) is 60.7 Å². The fourth-order valence-electron chi connectivity index (χ4n) is 1.64. The highest BCUT2D eigenvalue weighted by molar-refractivity contribution is 7.80. The third kappa shape index (κ3) is 4.19. The second kappa shape index (κ2) is 6.66. The molecule has 1 amide bonds. The van der Waals surface area contributed by atoms with Crippen molar-refractivity contribution >= 4 is 23.2 Å². The molecule has 1 saturated heterocycles. The molecule has 2 N–H and O–H groups in total. The number of hydrogen-bond acceptors (Lipinski definition) is 2. The van der Waals surface area contributed by atoms with Gasteiger partial charge in [0.2, 0.25) is 5.91 Å². The molecule has 19 heavy (non-hydrogen) atoms. The van der Waals surface area contributed by atoms with Gasteiger partial charge < -0.3 is 10.6 Å². The van der Waals surface area contributed by atoms with E-state index in [9.17, 15) is 4.79 Å². The Morgan fingerprint density at radius 2 is 1.32 bits per heavy atom. The van der Waals surface area contributed by atoms with Gasteiger partial charge in [0.05, 0.1) is 6.54 Å². The number of hydrogen-bond donors (Lipinski definition) is 2. The normalized spacial score (nSPS) is 13.1. The molecule has 0 saturated carbocycles. The van der Waals surface area contributed by atoms with Crippen LogP contribution >= 0.6 is 12.2 Å². The summed E-state index contributed by atoms with van der Waals surface area (Å²) >= 11 is 4.55. The van der Waals surface area contributed by atoms with Crippen molar-refractivity contribution in [3.63, 3.8) is 0 Å². The first-order chi connectivity index (χ1) is 9.25. The van der Waals surface area contributed by atoms with Crippen LogP contribution in [-0.4, -0.2) is 17.6 Å². The minimum absolute atomic E-state index is 0.0509. The van der Waals surface area contributed by atoms with E-state index in [2.05, 4.69) is 71.4 Å². The highest BCUT2D eigenvalue weighted by atomic mass is 32.1. The predicted molar refractivity (Wildman–Crippen MR) is 80.6 cm³/mol. The summed E-state index contributed by atoms with van der Waals surface area (Å²) < 4.78 is 0. The van der Waals surface area contributed by atoms with Crippen LogP contribution in [0.4, 0.5) is 0 Å². The lowest BCUT2D eigenvalue weighted by Crippen LogP contribution is -2.21. The topological polar surface area (TPSA) is 41.1 Å². The molecule has 0 unspecified atom stereocenters. The molecule has 1 aliphatic heterocycles. The molecular weight excluding hydrogens is 256 g/mol. The molecule has 1 heterocycles. The van der Waals surface area contributed by atoms with E-state index in [1.165, 1.54) is 11.1 Å². The van der Waals surface area contributed by atoms with Crippen molar-refractivity contribution in [2.75, 3.05) is 6.54 Å². The Morgan fingerprint density at radius 3 is 1.58 bits per heavy atom. The van der Waals surface area contributed by atoms with Crippen molar-refractivity contribution in [1.82, 2.24) is 10.6 Å². The molecule has 0 bridgehead atoms. The summed E-state index contributed by atoms with van der Waals surface area (Å²) in [7, 11) is 0. The van der Waals surface area contributed by atoms with Gasteiger partial charge in [0, 0.05) is 0 Å². The zero-order chi connectivity index (χ0) is 13.5. The van der Waals surface area contributed by atoms with Gasteiger partial charge in [0.1, 0.15) is 0 Å². The summed E-state index contributed by atoms with van der Waals surface area (Å²) in [5.41, 5.74) is 2.55. The van der Waals surface area contributed by atoms with Crippen molar-refractivity contribution in [2.24, 2.45) is 0 Å². The number of nitrogens with one attached hydrogen (secondary N) is 2. The fraction of sp³-hybridized carbons (Fsp3) is 0.0667. The van der Waals surface area contributed by atoms with Gasteiger partial charge in [-0.25, -0.2) is 0 Å². The van der Waals surface area contributed by atoms with E-state index >= 15 is 0 Å². The zero-order valence-electron chi connectivity index (χ0n) is 10.3. The van der Waals surface area contributed by atoms with Crippen molar-refractivity contribution < 1.29 is 4.79 Å². The minimum Gasteiger partial charge on any atom is -0.353 e. The Balaban J connectivity index is 0.000000163. The number of amides is 1. The molecule has 0 aliphatic carbocycles. The molecule has 0 aromatic heterocycles. The van der Waals surface area contributed by atoms with Crippen LogP contribution in [0, 0.1) is 0 Å². The molecule has 4 heteroatoms. The van der Waals surface area contributed by atoms with Crippen LogP contribution in [0.2, 0.25) is 0 Å². The maximum absolute atomic E-state index is 10.2. The van der Waals surface area contributed by atoms with E-state index in [1.807, 2.05) is 12.1 Å². The standard InChI is InChI=1S/C12H10.C3H4N2OS/c1-3-7-11(8-4-1)12-9-5-2-6-10-12;6-2-1-4-3(7)5-2/h1-10H;1H2,(H2,4,5,6,7). The molecule has 1 aliphatic rings. The molecular formula is C15H14N2OS. The lowest BCUT2D eigenvalue weighted by molar-refractivity contribution is -0.117. The number of carbonyl (C=O) groups is 1. The number of benzene rings is 2. The highest BCUT2D eigenvalue weighted by Crippen LogP contribution is 2.17. The first-order valence-electron chi connectivity index (χ1n) is 5.94. The van der Waals surface area contributed by atoms with Crippen molar-refractivity contribution in [3.8, 4) is 11.1 Å². The Hall–Kier alpha value is -2.20. The molecule has 3 rings (SSSR count). The largest absolute Gasteiger partial charge is 0.353 e. The average molecular weight is 270 g/mol. The van der Waals surface area contributed by atoms with Crippen LogP contribution in [0.1, 0.15) is 0 Å². The lowest BCUT2D eigenvalue weighted by atomic mass is 10.1. The lowest BCUT2D eigenvalue weighted by Gasteiger charge is -1.98. The van der Waals surface area contributed by atoms with Crippen LogP contribution in [0.5, 0.6) is 0 Å². The summed E-state index contributed by atoms with van der Waals surface area (Å²) in [6.45, 7) is 0.332. The van der Waals surface area contributed by atoms with Gasteiger partial charge >= 0.3 is 0 Å². The summed E-state index contributed by atoms with van der Waals surface area (Å²) in [6, 6.07) is 20.8. The molecule has 0 spiro atoms. The quantitative estimate of drug-likeness (QED) is 0.782. The van der Waals surface area contributed by atoms with E-state index in [-0.39, 0.29) is 5.91 Å². The Bertz CT molecular complexity index is 503. The van der Waals surface area contributed by atoms with Crippen molar-refractivity contribution in [1.29, 1.82) is 0 Å². The van der Waals surface area contributed by atoms with Gasteiger partial charge in [-0.3, -0.25) is 4.79 Å². The Kier molecular flexibility index (Phi) is 4.64. The summed E-state index contributed by atoms with van der Waals surface area (Å²) in [5.74, 6) is -0.0509. The second-order valence-corrected chi connectivity index (χ2v) is 4.37. The molecule has 3 nitrogen and oxygen atoms in total. The average Bonchev–Trinajstić information content (AvgIpc) is 2.85. The van der Waals surface area contributed by atoms with E-state index < -0.39 is 0 Å². The number of carbonyl (C=O) groups excluding carboxylic acids is 1. The SMILES string of the molecule is O=C1CNC(=S)N1.c1ccc(-c2ccccc2)cc1. The van der Waals surface area contributed by atoms with Crippen LogP contribution in [0.15, 0.2) is 60.7 Å². The highest BCUT2D eigenvalue weighted by Gasteiger charge is 2.10. The van der Waals surface area contributed by atoms with Crippen LogP contribution < -0.4 is 10.6 Å². The Morgan fingerprint density at radius 1 is 0.842 bits per heavy atom. The van der Waals surface area contributed by atoms with E-state index in [4.69, 9.17) is 0 Å². The fourth-order valence-corrected chi connectivity index (χ4v) is 1.82. The van der Waals surface area contributed by atoms with Crippen molar-refractivity contribution in [3.05, 3.63) is 60.7 Å². The molecule has 2 aromatic carbocycles. The number of thiocarbonyl (C=S) groups is 1. The van der Waals surface area contributed by atoms with Crippen LogP contribution in [0.3, 0.4) is 0 Å². The molecule has 1 fully saturated rings. The molecule has 0 atom stereocenters. The summed E-state index contributed by atoms with van der Waals surface area (Å²) in [6.07, 6.45) is 0. The second-order valence-electron chi connectivity index (χ2n) is 3.96. The summed E-state index contributed by atoms with van der Waals surface area (Å²) in [4.78, 5) is 10.2. The molecule has 2 aromatic rings. The third-order valence-electron chi connectivity index (χ3n) is 2.54. The first kappa shape index (κ1) is 13.2. The van der Waals surface area contributed by atoms with Gasteiger partial charge in [-0.15, -0.1) is 0 Å². The van der Waals surface area contributed by atoms with Gasteiger partial charge in [0.15, 0.2) is 5.11 Å². The van der Waals surface area contributed by atoms with E-state index in [0.29, 0.717) is 11.7 Å². The molecule has 96 valence electrons. The monoisotopic (exact) mass is 270 g/mol. The first-order valence-corrected chi connectivity index (χ1v) is 6.34. The zero-order valence-corrected chi connectivity index (χ0v) is 11.1. The van der Waals surface area contributed by atoms with Gasteiger partial charge in [-0.2, -0.15) is 0 Å². The van der Waals surface area contributed by atoms with Crippen molar-refractivity contribution in [2.45, 2.75) is 0 Å². The van der Waals surface area contributed by atoms with Gasteiger partial charge in [-0.05, 0) is 23.3 Å². The summed E-state index contributed by atoms with van der Waals surface area (Å²) in [5, 5.41) is 5.47. The predicted octanol–water partition coefficient (Wildman–Crippen LogP) is 2.34. The minimum atomic E-state index is -0.0509. The van der Waals surface area contributed by atoms with Crippen LogP contribution in [-0.2, 0) is 4.79 Å². The maximum atomic E-state index is 10.2. The van der Waals surface area contributed by atoms with Crippen LogP contribution in [0.25, 0.3) is 11.1 Å². The Labute approximate surface area is 117 Å².